The van der Waals surface area contributed by atoms with Gasteiger partial charge < -0.3 is 16.6 Å². The summed E-state index contributed by atoms with van der Waals surface area (Å²) in [5.74, 6) is -0.873. The van der Waals surface area contributed by atoms with E-state index in [1.54, 1.807) is 24.3 Å². The predicted octanol–water partition coefficient (Wildman–Crippen LogP) is 3.76. The van der Waals surface area contributed by atoms with E-state index in [2.05, 4.69) is 0 Å². The molecule has 0 aliphatic heterocycles. The molecule has 0 radical (unpaired) electrons. The number of aliphatic hydroxyl groups is 1. The number of aliphatic hydroxyl groups excluding tert-OH is 1. The number of nitrogens with two attached hydrogens (primary N) is 2. The van der Waals surface area contributed by atoms with E-state index in [-0.39, 0.29) is 27.3 Å². The molecule has 0 unspecified atom stereocenters. The van der Waals surface area contributed by atoms with Gasteiger partial charge in [-0.3, -0.25) is 4.79 Å². The molecule has 0 saturated carbocycles. The number of rotatable bonds is 3. The van der Waals surface area contributed by atoms with E-state index in [1.165, 1.54) is 6.07 Å². The molecular formula is C17H13F3N2O2S. The molecule has 4 nitrogen and oxygen atoms in total. The Kier molecular flexibility index (Phi) is 4.18. The number of carbonyl (C=O) groups excluding carboxylic acids is 1. The molecule has 0 aliphatic carbocycles. The van der Waals surface area contributed by atoms with Crippen LogP contribution in [0.25, 0.3) is 21.2 Å². The molecule has 8 heteroatoms. The molecule has 130 valence electrons. The second-order valence-electron chi connectivity index (χ2n) is 5.43. The van der Waals surface area contributed by atoms with E-state index >= 15 is 0 Å². The molecule has 5 N–H and O–H groups in total. The summed E-state index contributed by atoms with van der Waals surface area (Å²) in [7, 11) is 0. The number of halogens is 3. The molecule has 1 heterocycles. The number of nitrogen functional groups attached to an aromatic ring is 1. The summed E-state index contributed by atoms with van der Waals surface area (Å²) in [5.41, 5.74) is 11.6. The van der Waals surface area contributed by atoms with E-state index in [4.69, 9.17) is 11.5 Å². The molecule has 1 aromatic heterocycles. The quantitative estimate of drug-likeness (QED) is 0.659. The molecule has 0 bridgehead atoms. The first-order valence-electron chi connectivity index (χ1n) is 7.16. The maximum Gasteiger partial charge on any atom is 0.417 e. The highest BCUT2D eigenvalue weighted by molar-refractivity contribution is 7.22. The van der Waals surface area contributed by atoms with Crippen LogP contribution in [-0.4, -0.2) is 11.0 Å². The second-order valence-corrected chi connectivity index (χ2v) is 6.45. The lowest BCUT2D eigenvalue weighted by Gasteiger charge is -2.12. The minimum absolute atomic E-state index is 0.105. The Balaban J connectivity index is 2.39. The van der Waals surface area contributed by atoms with Crippen LogP contribution >= 0.6 is 11.3 Å². The van der Waals surface area contributed by atoms with Gasteiger partial charge in [0.2, 0.25) is 0 Å². The summed E-state index contributed by atoms with van der Waals surface area (Å²) in [6.07, 6.45) is -4.62. The Bertz CT molecular complexity index is 980. The van der Waals surface area contributed by atoms with Crippen molar-refractivity contribution in [3.05, 3.63) is 52.4 Å². The van der Waals surface area contributed by atoms with Crippen LogP contribution in [0, 0.1) is 0 Å². The lowest BCUT2D eigenvalue weighted by molar-refractivity contribution is -0.136. The fourth-order valence-electron chi connectivity index (χ4n) is 2.71. The Morgan fingerprint density at radius 3 is 2.52 bits per heavy atom. The average molecular weight is 366 g/mol. The van der Waals surface area contributed by atoms with Crippen molar-refractivity contribution in [3.8, 4) is 11.1 Å². The van der Waals surface area contributed by atoms with Gasteiger partial charge in [0.25, 0.3) is 5.91 Å². The summed E-state index contributed by atoms with van der Waals surface area (Å²) in [4.78, 5) is 11.4. The smallest absolute Gasteiger partial charge is 0.397 e. The lowest BCUT2D eigenvalue weighted by atomic mass is 9.98. The third kappa shape index (κ3) is 2.94. The van der Waals surface area contributed by atoms with Gasteiger partial charge in [-0.2, -0.15) is 13.2 Å². The first-order chi connectivity index (χ1) is 11.7. The second kappa shape index (κ2) is 6.05. The zero-order valence-electron chi connectivity index (χ0n) is 12.7. The summed E-state index contributed by atoms with van der Waals surface area (Å²) >= 11 is 0.835. The largest absolute Gasteiger partial charge is 0.417 e. The van der Waals surface area contributed by atoms with E-state index in [0.29, 0.717) is 16.7 Å². The van der Waals surface area contributed by atoms with E-state index in [9.17, 15) is 23.1 Å². The number of carbonyl (C=O) groups is 1. The zero-order chi connectivity index (χ0) is 18.4. The monoisotopic (exact) mass is 366 g/mol. The van der Waals surface area contributed by atoms with Gasteiger partial charge in [-0.15, -0.1) is 11.3 Å². The van der Waals surface area contributed by atoms with Crippen LogP contribution in [0.5, 0.6) is 0 Å². The van der Waals surface area contributed by atoms with Crippen molar-refractivity contribution < 1.29 is 23.1 Å². The summed E-state index contributed by atoms with van der Waals surface area (Å²) in [5, 5.41) is 9.04. The molecule has 1 amide bonds. The molecule has 0 fully saturated rings. The molecule has 3 aromatic rings. The number of anilines is 1. The highest BCUT2D eigenvalue weighted by Crippen LogP contribution is 2.46. The minimum Gasteiger partial charge on any atom is -0.397 e. The zero-order valence-corrected chi connectivity index (χ0v) is 13.5. The molecule has 0 aliphatic rings. The Hall–Kier alpha value is -2.58. The van der Waals surface area contributed by atoms with Crippen LogP contribution in [0.4, 0.5) is 18.9 Å². The number of fused-ring (bicyclic) bond motifs is 1. The number of benzene rings is 2. The van der Waals surface area contributed by atoms with Crippen molar-refractivity contribution in [2.45, 2.75) is 12.8 Å². The first kappa shape index (κ1) is 17.2. The summed E-state index contributed by atoms with van der Waals surface area (Å²) in [6, 6.07) is 9.04. The number of amides is 1. The van der Waals surface area contributed by atoms with E-state index < -0.39 is 17.6 Å². The standard InChI is InChI=1S/C17H13F3N2O2S/c18-17(19,20)11-5-4-10(9-3-1-2-8(6-9)7-23)14-12(11)13(21)15(25-14)16(22)24/h1-6,23H,7,21H2,(H2,22,24). The van der Waals surface area contributed by atoms with Gasteiger partial charge in [-0.25, -0.2) is 0 Å². The van der Waals surface area contributed by atoms with Gasteiger partial charge >= 0.3 is 6.18 Å². The fraction of sp³-hybridized carbons (Fsp3) is 0.118. The van der Waals surface area contributed by atoms with Crippen LogP contribution < -0.4 is 11.5 Å². The van der Waals surface area contributed by atoms with Crippen molar-refractivity contribution in [3.63, 3.8) is 0 Å². The summed E-state index contributed by atoms with van der Waals surface area (Å²) in [6.45, 7) is -0.198. The minimum atomic E-state index is -4.62. The third-order valence-electron chi connectivity index (χ3n) is 3.83. The van der Waals surface area contributed by atoms with Crippen molar-refractivity contribution in [2.24, 2.45) is 5.73 Å². The lowest BCUT2D eigenvalue weighted by Crippen LogP contribution is -2.11. The molecular weight excluding hydrogens is 353 g/mol. The van der Waals surface area contributed by atoms with Gasteiger partial charge in [-0.05, 0) is 28.8 Å². The Morgan fingerprint density at radius 2 is 1.92 bits per heavy atom. The average Bonchev–Trinajstić information content (AvgIpc) is 2.91. The van der Waals surface area contributed by atoms with Crippen LogP contribution in [0.1, 0.15) is 20.8 Å². The van der Waals surface area contributed by atoms with Crippen LogP contribution in [0.15, 0.2) is 36.4 Å². The topological polar surface area (TPSA) is 89.3 Å². The maximum absolute atomic E-state index is 13.4. The van der Waals surface area contributed by atoms with Gasteiger partial charge in [0.1, 0.15) is 4.88 Å². The number of hydrogen-bond acceptors (Lipinski definition) is 4. The molecule has 2 aromatic carbocycles. The van der Waals surface area contributed by atoms with Crippen molar-refractivity contribution in [1.82, 2.24) is 0 Å². The number of hydrogen-bond donors (Lipinski definition) is 3. The van der Waals surface area contributed by atoms with E-state index in [0.717, 1.165) is 17.4 Å². The Labute approximate surface area is 144 Å². The molecule has 0 atom stereocenters. The molecule has 3 rings (SSSR count). The van der Waals surface area contributed by atoms with Gasteiger partial charge in [0.15, 0.2) is 0 Å². The molecule has 0 saturated heterocycles. The Morgan fingerprint density at radius 1 is 1.20 bits per heavy atom. The number of primary amides is 1. The van der Waals surface area contributed by atoms with Crippen molar-refractivity contribution >= 4 is 33.0 Å². The number of alkyl halides is 3. The van der Waals surface area contributed by atoms with Gasteiger partial charge in [0, 0.05) is 10.1 Å². The summed E-state index contributed by atoms with van der Waals surface area (Å²) < 4.78 is 40.3. The van der Waals surface area contributed by atoms with Gasteiger partial charge in [0.05, 0.1) is 17.9 Å². The predicted molar refractivity (Wildman–Crippen MR) is 91.1 cm³/mol. The molecule has 25 heavy (non-hydrogen) atoms. The van der Waals surface area contributed by atoms with Crippen LogP contribution in [0.2, 0.25) is 0 Å². The third-order valence-corrected chi connectivity index (χ3v) is 5.08. The first-order valence-corrected chi connectivity index (χ1v) is 7.97. The fourth-order valence-corrected chi connectivity index (χ4v) is 3.84. The SMILES string of the molecule is NC(=O)c1sc2c(-c3cccc(CO)c3)ccc(C(F)(F)F)c2c1N. The van der Waals surface area contributed by atoms with E-state index in [1.807, 2.05) is 0 Å². The van der Waals surface area contributed by atoms with Crippen LogP contribution in [0.3, 0.4) is 0 Å². The normalized spacial score (nSPS) is 11.8. The van der Waals surface area contributed by atoms with Crippen molar-refractivity contribution in [2.75, 3.05) is 5.73 Å². The number of thiophene rings is 1. The van der Waals surface area contributed by atoms with Crippen LogP contribution in [-0.2, 0) is 12.8 Å². The maximum atomic E-state index is 13.4. The van der Waals surface area contributed by atoms with Gasteiger partial charge in [-0.1, -0.05) is 24.3 Å². The molecule has 0 spiro atoms. The van der Waals surface area contributed by atoms with Crippen molar-refractivity contribution in [1.29, 1.82) is 0 Å². The highest BCUT2D eigenvalue weighted by atomic mass is 32.1. The highest BCUT2D eigenvalue weighted by Gasteiger charge is 2.35.